The van der Waals surface area contributed by atoms with Gasteiger partial charge in [0, 0.05) is 17.6 Å². The molecule has 6 nitrogen and oxygen atoms in total. The molecule has 0 saturated heterocycles. The largest absolute Gasteiger partial charge is 0.490 e. The lowest BCUT2D eigenvalue weighted by molar-refractivity contribution is 0.0997. The molecule has 0 aliphatic heterocycles. The van der Waals surface area contributed by atoms with E-state index in [2.05, 4.69) is 4.99 Å². The number of rotatable bonds is 7. The van der Waals surface area contributed by atoms with Gasteiger partial charge in [-0.05, 0) is 57.5 Å². The van der Waals surface area contributed by atoms with E-state index in [0.717, 1.165) is 15.8 Å². The van der Waals surface area contributed by atoms with Crippen molar-refractivity contribution in [2.24, 2.45) is 12.0 Å². The molecule has 0 spiro atoms. The molecule has 0 unspecified atom stereocenters. The second-order valence-corrected chi connectivity index (χ2v) is 7.98. The van der Waals surface area contributed by atoms with Crippen LogP contribution in [0.15, 0.2) is 29.3 Å². The van der Waals surface area contributed by atoms with E-state index in [9.17, 15) is 4.79 Å². The Balaban J connectivity index is 2.12. The molecule has 3 rings (SSSR count). The van der Waals surface area contributed by atoms with Gasteiger partial charge in [-0.25, -0.2) is 0 Å². The summed E-state index contributed by atoms with van der Waals surface area (Å²) >= 11 is 7.60. The van der Waals surface area contributed by atoms with E-state index in [-0.39, 0.29) is 5.91 Å². The van der Waals surface area contributed by atoms with Crippen LogP contribution in [0.25, 0.3) is 10.2 Å². The lowest BCUT2D eigenvalue weighted by Gasteiger charge is -2.16. The van der Waals surface area contributed by atoms with Crippen LogP contribution in [0.4, 0.5) is 0 Å². The van der Waals surface area contributed by atoms with Gasteiger partial charge < -0.3 is 18.8 Å². The Morgan fingerprint density at radius 3 is 2.20 bits per heavy atom. The molecule has 0 fully saturated rings. The summed E-state index contributed by atoms with van der Waals surface area (Å²) in [5.41, 5.74) is 2.41. The Morgan fingerprint density at radius 2 is 1.63 bits per heavy atom. The minimum atomic E-state index is -0.383. The Bertz CT molecular complexity index is 1120. The zero-order chi connectivity index (χ0) is 21.8. The average Bonchev–Trinajstić information content (AvgIpc) is 2.99. The molecule has 2 aromatic carbocycles. The van der Waals surface area contributed by atoms with Gasteiger partial charge >= 0.3 is 0 Å². The highest BCUT2D eigenvalue weighted by Gasteiger charge is 2.18. The van der Waals surface area contributed by atoms with E-state index in [0.29, 0.717) is 52.5 Å². The van der Waals surface area contributed by atoms with Gasteiger partial charge in [-0.1, -0.05) is 22.9 Å². The Kier molecular flexibility index (Phi) is 7.05. The van der Waals surface area contributed by atoms with Crippen LogP contribution in [0.5, 0.6) is 17.2 Å². The summed E-state index contributed by atoms with van der Waals surface area (Å²) < 4.78 is 20.0. The average molecular weight is 449 g/mol. The molecule has 1 aromatic heterocycles. The zero-order valence-corrected chi connectivity index (χ0v) is 19.3. The third-order valence-electron chi connectivity index (χ3n) is 4.41. The number of halogens is 1. The summed E-state index contributed by atoms with van der Waals surface area (Å²) in [4.78, 5) is 18.0. The number of carbonyl (C=O) groups excluding carboxylic acids is 1. The maximum Gasteiger partial charge on any atom is 0.279 e. The first-order valence-electron chi connectivity index (χ1n) is 9.80. The van der Waals surface area contributed by atoms with Gasteiger partial charge in [0.1, 0.15) is 0 Å². The Hall–Kier alpha value is -2.51. The highest BCUT2D eigenvalue weighted by molar-refractivity contribution is 7.16. The number of nitrogens with zero attached hydrogens (tertiary/aromatic N) is 2. The molecule has 0 N–H and O–H groups in total. The normalized spacial score (nSPS) is 11.7. The van der Waals surface area contributed by atoms with Crippen molar-refractivity contribution in [3.05, 3.63) is 45.2 Å². The topological polar surface area (TPSA) is 62.0 Å². The van der Waals surface area contributed by atoms with Crippen LogP contribution in [-0.4, -0.2) is 30.3 Å². The van der Waals surface area contributed by atoms with E-state index in [4.69, 9.17) is 25.8 Å². The molecule has 0 bridgehead atoms. The standard InChI is InChI=1S/C22H25ClN2O4S/c1-6-27-16-10-14(11-17(28-7-2)20(16)29-8-3)21(26)24-22-25(5)19-13(4)9-15(23)12-18(19)30-22/h9-12H,6-8H2,1-5H3. The van der Waals surface area contributed by atoms with Crippen LogP contribution in [0, 0.1) is 6.92 Å². The van der Waals surface area contributed by atoms with Crippen LogP contribution >= 0.6 is 22.9 Å². The molecule has 0 aliphatic rings. The number of fused-ring (bicyclic) bond motifs is 1. The zero-order valence-electron chi connectivity index (χ0n) is 17.7. The Labute approximate surface area is 184 Å². The predicted octanol–water partition coefficient (Wildman–Crippen LogP) is 5.14. The van der Waals surface area contributed by atoms with Crippen molar-refractivity contribution in [2.45, 2.75) is 27.7 Å². The van der Waals surface area contributed by atoms with Gasteiger partial charge in [-0.3, -0.25) is 4.79 Å². The van der Waals surface area contributed by atoms with Crippen LogP contribution in [-0.2, 0) is 7.05 Å². The molecule has 1 amide bonds. The molecule has 0 saturated carbocycles. The van der Waals surface area contributed by atoms with Crippen molar-refractivity contribution in [2.75, 3.05) is 19.8 Å². The first-order valence-corrected chi connectivity index (χ1v) is 11.0. The molecule has 30 heavy (non-hydrogen) atoms. The minimum Gasteiger partial charge on any atom is -0.490 e. The smallest absolute Gasteiger partial charge is 0.279 e. The van der Waals surface area contributed by atoms with E-state index >= 15 is 0 Å². The predicted molar refractivity (Wildman–Crippen MR) is 120 cm³/mol. The fourth-order valence-electron chi connectivity index (χ4n) is 3.24. The van der Waals surface area contributed by atoms with Crippen molar-refractivity contribution in [1.82, 2.24) is 4.57 Å². The third kappa shape index (κ3) is 4.47. The van der Waals surface area contributed by atoms with Crippen molar-refractivity contribution in [1.29, 1.82) is 0 Å². The minimum absolute atomic E-state index is 0.373. The van der Waals surface area contributed by atoms with Gasteiger partial charge in [0.2, 0.25) is 5.75 Å². The second-order valence-electron chi connectivity index (χ2n) is 6.53. The number of carbonyl (C=O) groups is 1. The number of benzene rings is 2. The van der Waals surface area contributed by atoms with Crippen LogP contribution in [0.2, 0.25) is 5.02 Å². The number of thiazole rings is 1. The molecule has 0 aliphatic carbocycles. The summed E-state index contributed by atoms with van der Waals surface area (Å²) in [7, 11) is 1.89. The van der Waals surface area contributed by atoms with Gasteiger partial charge in [-0.2, -0.15) is 4.99 Å². The fraction of sp³-hybridized carbons (Fsp3) is 0.364. The Morgan fingerprint density at radius 1 is 1.03 bits per heavy atom. The molecule has 0 atom stereocenters. The van der Waals surface area contributed by atoms with Crippen LogP contribution in [0.3, 0.4) is 0 Å². The monoisotopic (exact) mass is 448 g/mol. The van der Waals surface area contributed by atoms with E-state index < -0.39 is 0 Å². The van der Waals surface area contributed by atoms with Crippen molar-refractivity contribution < 1.29 is 19.0 Å². The summed E-state index contributed by atoms with van der Waals surface area (Å²) in [5.74, 6) is 1.04. The third-order valence-corrected chi connectivity index (χ3v) is 5.70. The fourth-order valence-corrected chi connectivity index (χ4v) is 4.71. The highest BCUT2D eigenvalue weighted by atomic mass is 35.5. The molecular weight excluding hydrogens is 424 g/mol. The molecule has 160 valence electrons. The first kappa shape index (κ1) is 22.2. The van der Waals surface area contributed by atoms with E-state index in [1.54, 1.807) is 12.1 Å². The number of amides is 1. The molecule has 0 radical (unpaired) electrons. The number of hydrogen-bond donors (Lipinski definition) is 0. The van der Waals surface area contributed by atoms with Gasteiger partial charge in [-0.15, -0.1) is 0 Å². The quantitative estimate of drug-likeness (QED) is 0.502. The number of ether oxygens (including phenoxy) is 3. The second kappa shape index (κ2) is 9.53. The summed E-state index contributed by atoms with van der Waals surface area (Å²) in [6.45, 7) is 8.95. The highest BCUT2D eigenvalue weighted by Crippen LogP contribution is 2.39. The summed E-state index contributed by atoms with van der Waals surface area (Å²) in [5, 5.41) is 0.661. The molecule has 3 aromatic rings. The van der Waals surface area contributed by atoms with Gasteiger partial charge in [0.05, 0.1) is 30.0 Å². The van der Waals surface area contributed by atoms with Gasteiger partial charge in [0.15, 0.2) is 16.3 Å². The SMILES string of the molecule is CCOc1cc(C(=O)N=c2sc3cc(Cl)cc(C)c3n2C)cc(OCC)c1OCC. The molecule has 8 heteroatoms. The maximum atomic E-state index is 13.0. The van der Waals surface area contributed by atoms with E-state index in [1.165, 1.54) is 11.3 Å². The van der Waals surface area contributed by atoms with Crippen LogP contribution in [0.1, 0.15) is 36.7 Å². The van der Waals surface area contributed by atoms with Crippen molar-refractivity contribution in [3.63, 3.8) is 0 Å². The molecular formula is C22H25ClN2O4S. The summed E-state index contributed by atoms with van der Waals surface area (Å²) in [6.07, 6.45) is 0. The first-order chi connectivity index (χ1) is 14.4. The van der Waals surface area contributed by atoms with Crippen molar-refractivity contribution >= 4 is 39.1 Å². The van der Waals surface area contributed by atoms with Gasteiger partial charge in [0.25, 0.3) is 5.91 Å². The van der Waals surface area contributed by atoms with E-state index in [1.807, 2.05) is 51.4 Å². The lowest BCUT2D eigenvalue weighted by atomic mass is 10.1. The van der Waals surface area contributed by atoms with Crippen LogP contribution < -0.4 is 19.0 Å². The van der Waals surface area contributed by atoms with Crippen molar-refractivity contribution in [3.8, 4) is 17.2 Å². The number of aromatic nitrogens is 1. The number of aryl methyl sites for hydroxylation is 2. The maximum absolute atomic E-state index is 13.0. The molecule has 1 heterocycles. The summed E-state index contributed by atoms with van der Waals surface area (Å²) in [6, 6.07) is 7.09. The lowest BCUT2D eigenvalue weighted by Crippen LogP contribution is -2.14. The number of hydrogen-bond acceptors (Lipinski definition) is 5.